The maximum Gasteiger partial charge on any atom is 0.292 e. The van der Waals surface area contributed by atoms with Crippen molar-refractivity contribution in [3.8, 4) is 0 Å². The number of nitro groups is 1. The van der Waals surface area contributed by atoms with E-state index >= 15 is 0 Å². The molecule has 0 saturated heterocycles. The highest BCUT2D eigenvalue weighted by atomic mass is 79.9. The van der Waals surface area contributed by atoms with Crippen molar-refractivity contribution in [3.63, 3.8) is 0 Å². The highest BCUT2D eigenvalue weighted by Gasteiger charge is 2.12. The zero-order valence-corrected chi connectivity index (χ0v) is 13.3. The molecule has 106 valence electrons. The lowest BCUT2D eigenvalue weighted by Gasteiger charge is -2.16. The summed E-state index contributed by atoms with van der Waals surface area (Å²) < 4.78 is 1.11. The molecule has 0 aliphatic rings. The Hall–Kier alpha value is -1.44. The summed E-state index contributed by atoms with van der Waals surface area (Å²) in [7, 11) is 2.00. The third-order valence-corrected chi connectivity index (χ3v) is 4.37. The highest BCUT2D eigenvalue weighted by molar-refractivity contribution is 9.11. The maximum absolute atomic E-state index is 10.7. The van der Waals surface area contributed by atoms with E-state index in [1.165, 1.54) is 11.6 Å². The van der Waals surface area contributed by atoms with E-state index in [4.69, 9.17) is 5.73 Å². The van der Waals surface area contributed by atoms with Crippen LogP contribution in [0.25, 0.3) is 0 Å². The lowest BCUT2D eigenvalue weighted by atomic mass is 10.1. The van der Waals surface area contributed by atoms with Gasteiger partial charge in [0.15, 0.2) is 0 Å². The van der Waals surface area contributed by atoms with E-state index in [1.54, 1.807) is 23.5 Å². The van der Waals surface area contributed by atoms with E-state index in [9.17, 15) is 10.1 Å². The minimum atomic E-state index is -0.467. The Bertz CT molecular complexity index is 630. The van der Waals surface area contributed by atoms with Crippen LogP contribution in [0.3, 0.4) is 0 Å². The third kappa shape index (κ3) is 3.78. The predicted octanol–water partition coefficient (Wildman–Crippen LogP) is 3.63. The number of nitrogens with zero attached hydrogens (tertiary/aromatic N) is 2. The van der Waals surface area contributed by atoms with Crippen LogP contribution in [0.2, 0.25) is 0 Å². The number of nitrogen functional groups attached to an aromatic ring is 1. The smallest absolute Gasteiger partial charge is 0.292 e. The molecule has 7 heteroatoms. The molecule has 0 fully saturated rings. The van der Waals surface area contributed by atoms with E-state index in [-0.39, 0.29) is 11.4 Å². The second-order valence-electron chi connectivity index (χ2n) is 4.58. The van der Waals surface area contributed by atoms with Crippen molar-refractivity contribution in [3.05, 3.63) is 54.7 Å². The topological polar surface area (TPSA) is 72.4 Å². The summed E-state index contributed by atoms with van der Waals surface area (Å²) in [5, 5.41) is 12.8. The first kappa shape index (κ1) is 15.0. The number of nitrogens with two attached hydrogens (primary N) is 1. The number of hydrogen-bond donors (Lipinski definition) is 1. The number of nitro benzene ring substituents is 1. The van der Waals surface area contributed by atoms with Crippen LogP contribution in [-0.4, -0.2) is 16.9 Å². The van der Waals surface area contributed by atoms with Crippen molar-refractivity contribution >= 4 is 38.6 Å². The van der Waals surface area contributed by atoms with Crippen LogP contribution in [-0.2, 0) is 13.1 Å². The summed E-state index contributed by atoms with van der Waals surface area (Å²) >= 11 is 5.09. The fraction of sp³-hybridized carbons (Fsp3) is 0.231. The SMILES string of the molecule is CN(Cc1csc(Br)c1)Cc1ccc([N+](=O)[O-])c(N)c1. The molecule has 0 atom stereocenters. The highest BCUT2D eigenvalue weighted by Crippen LogP contribution is 2.24. The van der Waals surface area contributed by atoms with Gasteiger partial charge < -0.3 is 5.73 Å². The molecular weight excluding hydrogens is 342 g/mol. The van der Waals surface area contributed by atoms with Gasteiger partial charge in [0, 0.05) is 19.2 Å². The number of benzene rings is 1. The summed E-state index contributed by atoms with van der Waals surface area (Å²) in [6.45, 7) is 1.51. The van der Waals surface area contributed by atoms with E-state index in [1.807, 2.05) is 7.05 Å². The van der Waals surface area contributed by atoms with Gasteiger partial charge in [0.2, 0.25) is 0 Å². The van der Waals surface area contributed by atoms with Crippen molar-refractivity contribution in [2.75, 3.05) is 12.8 Å². The van der Waals surface area contributed by atoms with Crippen LogP contribution >= 0.6 is 27.3 Å². The quantitative estimate of drug-likeness (QED) is 0.504. The molecule has 0 aliphatic heterocycles. The molecule has 1 heterocycles. The van der Waals surface area contributed by atoms with Crippen molar-refractivity contribution in [1.82, 2.24) is 4.90 Å². The Morgan fingerprint density at radius 3 is 2.60 bits per heavy atom. The van der Waals surface area contributed by atoms with Gasteiger partial charge in [-0.15, -0.1) is 11.3 Å². The van der Waals surface area contributed by atoms with Crippen LogP contribution in [0.5, 0.6) is 0 Å². The Balaban J connectivity index is 2.02. The summed E-state index contributed by atoms with van der Waals surface area (Å²) in [5.41, 5.74) is 8.05. The lowest BCUT2D eigenvalue weighted by Crippen LogP contribution is -2.17. The molecule has 1 aromatic heterocycles. The predicted molar refractivity (Wildman–Crippen MR) is 84.7 cm³/mol. The second kappa shape index (κ2) is 6.34. The van der Waals surface area contributed by atoms with E-state index in [2.05, 4.69) is 32.3 Å². The number of hydrogen-bond acceptors (Lipinski definition) is 5. The molecule has 0 aliphatic carbocycles. The average molecular weight is 356 g/mol. The van der Waals surface area contributed by atoms with Gasteiger partial charge in [-0.05, 0) is 51.6 Å². The molecule has 1 aromatic carbocycles. The summed E-state index contributed by atoms with van der Waals surface area (Å²) in [5.74, 6) is 0. The van der Waals surface area contributed by atoms with E-state index in [0.717, 1.165) is 15.9 Å². The van der Waals surface area contributed by atoms with Gasteiger partial charge >= 0.3 is 0 Å². The molecule has 20 heavy (non-hydrogen) atoms. The van der Waals surface area contributed by atoms with Gasteiger partial charge in [-0.2, -0.15) is 0 Å². The molecule has 0 bridgehead atoms. The molecule has 0 radical (unpaired) electrons. The largest absolute Gasteiger partial charge is 0.393 e. The number of thiophene rings is 1. The molecule has 0 unspecified atom stereocenters. The molecule has 0 saturated carbocycles. The van der Waals surface area contributed by atoms with Gasteiger partial charge in [-0.3, -0.25) is 15.0 Å². The second-order valence-corrected chi connectivity index (χ2v) is 6.87. The van der Waals surface area contributed by atoms with Crippen molar-refractivity contribution in [2.45, 2.75) is 13.1 Å². The minimum absolute atomic E-state index is 0.0434. The molecule has 2 aromatic rings. The van der Waals surface area contributed by atoms with Crippen molar-refractivity contribution < 1.29 is 4.92 Å². The Morgan fingerprint density at radius 1 is 1.35 bits per heavy atom. The summed E-state index contributed by atoms with van der Waals surface area (Å²) in [4.78, 5) is 12.4. The summed E-state index contributed by atoms with van der Waals surface area (Å²) in [6, 6.07) is 6.96. The molecule has 2 rings (SSSR count). The Morgan fingerprint density at radius 2 is 2.05 bits per heavy atom. The minimum Gasteiger partial charge on any atom is -0.393 e. The third-order valence-electron chi connectivity index (χ3n) is 2.82. The summed E-state index contributed by atoms with van der Waals surface area (Å²) in [6.07, 6.45) is 0. The fourth-order valence-corrected chi connectivity index (χ4v) is 3.18. The van der Waals surface area contributed by atoms with Gasteiger partial charge in [0.25, 0.3) is 5.69 Å². The Kier molecular flexibility index (Phi) is 4.74. The number of rotatable bonds is 5. The van der Waals surface area contributed by atoms with E-state index in [0.29, 0.717) is 6.54 Å². The first-order chi connectivity index (χ1) is 9.45. The van der Waals surface area contributed by atoms with Crippen LogP contribution < -0.4 is 5.73 Å². The van der Waals surface area contributed by atoms with Gasteiger partial charge in [0.05, 0.1) is 8.71 Å². The molecule has 0 amide bonds. The van der Waals surface area contributed by atoms with Crippen LogP contribution in [0, 0.1) is 10.1 Å². The zero-order chi connectivity index (χ0) is 14.7. The van der Waals surface area contributed by atoms with Gasteiger partial charge in [-0.1, -0.05) is 6.07 Å². The number of halogens is 1. The first-order valence-corrected chi connectivity index (χ1v) is 7.57. The van der Waals surface area contributed by atoms with Gasteiger partial charge in [-0.25, -0.2) is 0 Å². The van der Waals surface area contributed by atoms with Crippen LogP contribution in [0.15, 0.2) is 33.4 Å². The lowest BCUT2D eigenvalue weighted by molar-refractivity contribution is -0.383. The molecule has 0 spiro atoms. The maximum atomic E-state index is 10.7. The average Bonchev–Trinajstić information content (AvgIpc) is 2.74. The van der Waals surface area contributed by atoms with Crippen molar-refractivity contribution in [2.24, 2.45) is 0 Å². The molecule has 2 N–H and O–H groups in total. The monoisotopic (exact) mass is 355 g/mol. The standard InChI is InChI=1S/C13H14BrN3O2S/c1-16(7-10-5-13(14)20-8-10)6-9-2-3-12(17(18)19)11(15)4-9/h2-5,8H,6-7,15H2,1H3. The van der Waals surface area contributed by atoms with Crippen molar-refractivity contribution in [1.29, 1.82) is 0 Å². The fourth-order valence-electron chi connectivity index (χ4n) is 1.98. The normalized spacial score (nSPS) is 10.9. The molecule has 5 nitrogen and oxygen atoms in total. The van der Waals surface area contributed by atoms with Crippen LogP contribution in [0.1, 0.15) is 11.1 Å². The molecular formula is C13H14BrN3O2S. The van der Waals surface area contributed by atoms with Gasteiger partial charge in [0.1, 0.15) is 5.69 Å². The van der Waals surface area contributed by atoms with Crippen LogP contribution in [0.4, 0.5) is 11.4 Å². The first-order valence-electron chi connectivity index (χ1n) is 5.90. The number of anilines is 1. The zero-order valence-electron chi connectivity index (χ0n) is 10.9. The Labute approximate surface area is 129 Å². The van der Waals surface area contributed by atoms with E-state index < -0.39 is 4.92 Å².